The molecule has 1 aliphatic rings. The van der Waals surface area contributed by atoms with Gasteiger partial charge in [-0.3, -0.25) is 4.79 Å². The van der Waals surface area contributed by atoms with Gasteiger partial charge in [0.15, 0.2) is 0 Å². The number of methoxy groups -OCH3 is 1. The third kappa shape index (κ3) is 4.53. The van der Waals surface area contributed by atoms with Crippen LogP contribution in [0.4, 0.5) is 5.69 Å². The minimum absolute atomic E-state index is 0.0223. The molecule has 4 heteroatoms. The summed E-state index contributed by atoms with van der Waals surface area (Å²) in [5.41, 5.74) is 7.29. The quantitative estimate of drug-likeness (QED) is 0.699. The van der Waals surface area contributed by atoms with E-state index in [1.54, 1.807) is 7.11 Å². The van der Waals surface area contributed by atoms with Crippen LogP contribution in [0.5, 0.6) is 5.75 Å². The highest BCUT2D eigenvalue weighted by atomic mass is 16.5. The Labute approximate surface area is 173 Å². The molecule has 1 N–H and O–H groups in total. The van der Waals surface area contributed by atoms with Crippen molar-refractivity contribution in [3.05, 3.63) is 82.2 Å². The second kappa shape index (κ2) is 8.99. The van der Waals surface area contributed by atoms with E-state index in [1.165, 1.54) is 0 Å². The van der Waals surface area contributed by atoms with E-state index < -0.39 is 0 Å². The first-order valence-electron chi connectivity index (χ1n) is 10.1. The summed E-state index contributed by atoms with van der Waals surface area (Å²) < 4.78 is 5.35. The first-order valence-corrected chi connectivity index (χ1v) is 10.1. The number of nitrogens with one attached hydrogen (secondary N) is 1. The maximum atomic E-state index is 13.2. The molecule has 152 valence electrons. The zero-order chi connectivity index (χ0) is 21.0. The summed E-state index contributed by atoms with van der Waals surface area (Å²) in [6, 6.07) is 14.2. The van der Waals surface area contributed by atoms with Crippen molar-refractivity contribution in [2.45, 2.75) is 47.1 Å². The monoisotopic (exact) mass is 390 g/mol. The third-order valence-electron chi connectivity index (χ3n) is 5.60. The number of carbonyl (C=O) groups excluding carboxylic acids is 1. The molecule has 0 aromatic heterocycles. The van der Waals surface area contributed by atoms with Crippen LogP contribution < -0.4 is 10.1 Å². The second-order valence-corrected chi connectivity index (χ2v) is 7.47. The van der Waals surface area contributed by atoms with Gasteiger partial charge in [0.25, 0.3) is 5.91 Å². The summed E-state index contributed by atoms with van der Waals surface area (Å²) in [7, 11) is 1.68. The largest absolute Gasteiger partial charge is 0.497 e. The number of amides is 1. The highest BCUT2D eigenvalue weighted by molar-refractivity contribution is 6.05. The fraction of sp³-hybridized carbons (Fsp3) is 0.320. The van der Waals surface area contributed by atoms with Crippen LogP contribution in [0.1, 0.15) is 43.9 Å². The normalized spacial score (nSPS) is 14.0. The summed E-state index contributed by atoms with van der Waals surface area (Å²) in [6.45, 7) is 8.97. The Hall–Kier alpha value is -3.01. The summed E-state index contributed by atoms with van der Waals surface area (Å²) >= 11 is 0. The van der Waals surface area contributed by atoms with Gasteiger partial charge in [-0.1, -0.05) is 43.3 Å². The van der Waals surface area contributed by atoms with Gasteiger partial charge in [-0.2, -0.15) is 0 Å². The van der Waals surface area contributed by atoms with Crippen molar-refractivity contribution in [1.29, 1.82) is 0 Å². The number of allylic oxidation sites excluding steroid dienone is 3. The van der Waals surface area contributed by atoms with E-state index in [9.17, 15) is 4.79 Å². The number of carbonyl (C=O) groups is 1. The maximum absolute atomic E-state index is 13.2. The number of benzene rings is 2. The van der Waals surface area contributed by atoms with Crippen LogP contribution in [0.3, 0.4) is 0 Å². The highest BCUT2D eigenvalue weighted by Crippen LogP contribution is 2.30. The van der Waals surface area contributed by atoms with Crippen LogP contribution in [-0.2, 0) is 17.8 Å². The molecular formula is C25H30N2O2. The molecule has 0 fully saturated rings. The van der Waals surface area contributed by atoms with Gasteiger partial charge in [0.05, 0.1) is 7.11 Å². The minimum atomic E-state index is -0.0223. The molecule has 0 aliphatic carbocycles. The second-order valence-electron chi connectivity index (χ2n) is 7.47. The average Bonchev–Trinajstić information content (AvgIpc) is 2.72. The average molecular weight is 391 g/mol. The number of hydrogen-bond acceptors (Lipinski definition) is 3. The highest BCUT2D eigenvalue weighted by Gasteiger charge is 2.23. The van der Waals surface area contributed by atoms with E-state index in [2.05, 4.69) is 42.3 Å². The number of hydrogen-bond donors (Lipinski definition) is 1. The SMILES string of the molecule is CCc1cccc(C)c1NC(=O)C1=C(C)N(Cc2cccc(OC)c2)C(C)=CC1. The smallest absolute Gasteiger partial charge is 0.253 e. The Morgan fingerprint density at radius 3 is 2.62 bits per heavy atom. The van der Waals surface area contributed by atoms with E-state index in [-0.39, 0.29) is 5.91 Å². The molecule has 1 amide bonds. The standard InChI is InChI=1S/C25H30N2O2/c1-6-21-11-7-9-17(2)24(21)26-25(28)23-14-13-18(3)27(19(23)4)16-20-10-8-12-22(15-20)29-5/h7-13,15H,6,14,16H2,1-5H3,(H,26,28). The van der Waals surface area contributed by atoms with Gasteiger partial charge in [0.1, 0.15) is 5.75 Å². The molecule has 3 rings (SSSR count). The van der Waals surface area contributed by atoms with Gasteiger partial charge in [-0.25, -0.2) is 0 Å². The zero-order valence-electron chi connectivity index (χ0n) is 18.0. The lowest BCUT2D eigenvalue weighted by molar-refractivity contribution is -0.113. The number of anilines is 1. The van der Waals surface area contributed by atoms with Crippen molar-refractivity contribution >= 4 is 11.6 Å². The van der Waals surface area contributed by atoms with Crippen molar-refractivity contribution in [2.75, 3.05) is 12.4 Å². The van der Waals surface area contributed by atoms with Crippen LogP contribution in [0, 0.1) is 6.92 Å². The Morgan fingerprint density at radius 2 is 1.90 bits per heavy atom. The zero-order valence-corrected chi connectivity index (χ0v) is 18.0. The van der Waals surface area contributed by atoms with Crippen molar-refractivity contribution in [3.8, 4) is 5.75 Å². The lowest BCUT2D eigenvalue weighted by Gasteiger charge is -2.32. The number of ether oxygens (including phenoxy) is 1. The van der Waals surface area contributed by atoms with E-state index in [4.69, 9.17) is 4.74 Å². The summed E-state index contributed by atoms with van der Waals surface area (Å²) in [6.07, 6.45) is 3.66. The molecule has 0 saturated heterocycles. The fourth-order valence-corrected chi connectivity index (χ4v) is 3.78. The first-order chi connectivity index (χ1) is 13.9. The van der Waals surface area contributed by atoms with Gasteiger partial charge < -0.3 is 15.0 Å². The molecule has 0 spiro atoms. The van der Waals surface area contributed by atoms with E-state index in [1.807, 2.05) is 44.2 Å². The summed E-state index contributed by atoms with van der Waals surface area (Å²) in [5, 5.41) is 3.17. The van der Waals surface area contributed by atoms with Crippen LogP contribution in [0.15, 0.2) is 65.5 Å². The molecule has 2 aromatic rings. The molecule has 2 aromatic carbocycles. The molecule has 0 unspecified atom stereocenters. The Morgan fingerprint density at radius 1 is 1.14 bits per heavy atom. The fourth-order valence-electron chi connectivity index (χ4n) is 3.78. The molecule has 0 saturated carbocycles. The molecule has 0 radical (unpaired) electrons. The molecular weight excluding hydrogens is 360 g/mol. The van der Waals surface area contributed by atoms with Gasteiger partial charge in [0.2, 0.25) is 0 Å². The number of para-hydroxylation sites is 1. The van der Waals surface area contributed by atoms with Gasteiger partial charge in [-0.15, -0.1) is 0 Å². The number of nitrogens with zero attached hydrogens (tertiary/aromatic N) is 1. The van der Waals surface area contributed by atoms with Crippen LogP contribution in [0.2, 0.25) is 0 Å². The lowest BCUT2D eigenvalue weighted by Crippen LogP contribution is -2.28. The Balaban J connectivity index is 1.86. The molecule has 29 heavy (non-hydrogen) atoms. The van der Waals surface area contributed by atoms with Crippen LogP contribution in [0.25, 0.3) is 0 Å². The minimum Gasteiger partial charge on any atom is -0.497 e. The third-order valence-corrected chi connectivity index (χ3v) is 5.60. The van der Waals surface area contributed by atoms with Crippen molar-refractivity contribution in [2.24, 2.45) is 0 Å². The first kappa shape index (κ1) is 20.7. The lowest BCUT2D eigenvalue weighted by atomic mass is 10.0. The van der Waals surface area contributed by atoms with Gasteiger partial charge in [0, 0.05) is 29.2 Å². The van der Waals surface area contributed by atoms with Crippen LogP contribution >= 0.6 is 0 Å². The van der Waals surface area contributed by atoms with Crippen molar-refractivity contribution < 1.29 is 9.53 Å². The van der Waals surface area contributed by atoms with E-state index >= 15 is 0 Å². The Bertz CT molecular complexity index is 973. The molecule has 1 aliphatic heterocycles. The van der Waals surface area contributed by atoms with Crippen LogP contribution in [-0.4, -0.2) is 17.9 Å². The molecule has 0 atom stereocenters. The topological polar surface area (TPSA) is 41.6 Å². The molecule has 1 heterocycles. The van der Waals surface area contributed by atoms with Crippen molar-refractivity contribution in [1.82, 2.24) is 4.90 Å². The summed E-state index contributed by atoms with van der Waals surface area (Å²) in [4.78, 5) is 15.4. The Kier molecular flexibility index (Phi) is 6.42. The number of rotatable bonds is 6. The predicted molar refractivity (Wildman–Crippen MR) is 119 cm³/mol. The van der Waals surface area contributed by atoms with Crippen molar-refractivity contribution in [3.63, 3.8) is 0 Å². The summed E-state index contributed by atoms with van der Waals surface area (Å²) in [5.74, 6) is 0.818. The van der Waals surface area contributed by atoms with Gasteiger partial charge in [-0.05, 0) is 62.4 Å². The number of aryl methyl sites for hydroxylation is 2. The maximum Gasteiger partial charge on any atom is 0.253 e. The van der Waals surface area contributed by atoms with Gasteiger partial charge >= 0.3 is 0 Å². The van der Waals surface area contributed by atoms with E-state index in [0.29, 0.717) is 13.0 Å². The molecule has 0 bridgehead atoms. The van der Waals surface area contributed by atoms with E-state index in [0.717, 1.165) is 51.5 Å². The molecule has 4 nitrogen and oxygen atoms in total. The predicted octanol–water partition coefficient (Wildman–Crippen LogP) is 5.59.